The fourth-order valence-electron chi connectivity index (χ4n) is 2.36. The van der Waals surface area contributed by atoms with E-state index in [1.807, 2.05) is 25.1 Å². The fraction of sp³-hybridized carbons (Fsp3) is 0.500. The Labute approximate surface area is 117 Å². The number of rotatable bonds is 3. The second kappa shape index (κ2) is 5.95. The van der Waals surface area contributed by atoms with E-state index in [9.17, 15) is 4.79 Å². The minimum absolute atomic E-state index is 0.224. The molecule has 1 heterocycles. The number of hydrogen-bond acceptors (Lipinski definition) is 3. The van der Waals surface area contributed by atoms with Gasteiger partial charge in [-0.15, -0.1) is 0 Å². The van der Waals surface area contributed by atoms with Gasteiger partial charge in [-0.05, 0) is 31.7 Å². The van der Waals surface area contributed by atoms with Gasteiger partial charge in [0.25, 0.3) is 0 Å². The number of carbonyl (C=O) groups is 1. The summed E-state index contributed by atoms with van der Waals surface area (Å²) in [6.07, 6.45) is 0.571. The van der Waals surface area contributed by atoms with Crippen LogP contribution in [0.5, 0.6) is 0 Å². The average molecular weight is 311 g/mol. The molecule has 1 saturated heterocycles. The molecule has 0 aliphatic carbocycles. The Morgan fingerprint density at radius 3 is 3.06 bits per heavy atom. The molecule has 2 rings (SSSR count). The molecule has 4 heteroatoms. The van der Waals surface area contributed by atoms with Crippen LogP contribution < -0.4 is 5.32 Å². The largest absolute Gasteiger partial charge is 0.311 e. The number of piperazine rings is 1. The van der Waals surface area contributed by atoms with Gasteiger partial charge in [0.2, 0.25) is 0 Å². The summed E-state index contributed by atoms with van der Waals surface area (Å²) < 4.78 is 0.963. The van der Waals surface area contributed by atoms with Crippen LogP contribution in [-0.4, -0.2) is 43.4 Å². The van der Waals surface area contributed by atoms with E-state index in [0.717, 1.165) is 35.2 Å². The average Bonchev–Trinajstić information content (AvgIpc) is 2.32. The highest BCUT2D eigenvalue weighted by Gasteiger charge is 2.20. The second-order valence-corrected chi connectivity index (χ2v) is 5.92. The number of hydrogen-bond donors (Lipinski definition) is 1. The van der Waals surface area contributed by atoms with Gasteiger partial charge < -0.3 is 10.2 Å². The number of nitrogens with zero attached hydrogens (tertiary/aromatic N) is 1. The van der Waals surface area contributed by atoms with Gasteiger partial charge in [-0.25, -0.2) is 0 Å². The minimum atomic E-state index is 0.224. The second-order valence-electron chi connectivity index (χ2n) is 5.00. The van der Waals surface area contributed by atoms with Gasteiger partial charge in [0.05, 0.1) is 0 Å². The predicted octanol–water partition coefficient (Wildman–Crippen LogP) is 2.23. The smallest absolute Gasteiger partial charge is 0.164 e. The summed E-state index contributed by atoms with van der Waals surface area (Å²) in [6.45, 7) is 4.95. The molecule has 1 unspecified atom stereocenters. The van der Waals surface area contributed by atoms with Gasteiger partial charge in [0, 0.05) is 42.1 Å². The van der Waals surface area contributed by atoms with Crippen LogP contribution in [0.3, 0.4) is 0 Å². The van der Waals surface area contributed by atoms with Gasteiger partial charge in [0.1, 0.15) is 0 Å². The Bertz CT molecular complexity index is 447. The number of carbonyl (C=O) groups excluding carboxylic acids is 1. The lowest BCUT2D eigenvalue weighted by Crippen LogP contribution is -2.49. The summed E-state index contributed by atoms with van der Waals surface area (Å²) in [4.78, 5) is 14.6. The predicted molar refractivity (Wildman–Crippen MR) is 77.1 cm³/mol. The van der Waals surface area contributed by atoms with Crippen molar-refractivity contribution in [1.82, 2.24) is 10.2 Å². The Morgan fingerprint density at radius 2 is 2.33 bits per heavy atom. The molecule has 18 heavy (non-hydrogen) atoms. The fourth-order valence-corrected chi connectivity index (χ4v) is 2.72. The van der Waals surface area contributed by atoms with Crippen LogP contribution in [-0.2, 0) is 0 Å². The molecule has 1 aromatic carbocycles. The molecule has 0 spiro atoms. The third-order valence-corrected chi connectivity index (χ3v) is 3.88. The Morgan fingerprint density at radius 1 is 1.56 bits per heavy atom. The molecule has 3 nitrogen and oxygen atoms in total. The summed E-state index contributed by atoms with van der Waals surface area (Å²) in [5.74, 6) is 0.224. The number of Topliss-reactive ketones (excluding diaryl/α,β-unsaturated/α-hetero) is 1. The highest BCUT2D eigenvalue weighted by molar-refractivity contribution is 9.10. The van der Waals surface area contributed by atoms with E-state index in [1.165, 1.54) is 0 Å². The monoisotopic (exact) mass is 310 g/mol. The summed E-state index contributed by atoms with van der Waals surface area (Å²) in [7, 11) is 2.10. The maximum atomic E-state index is 12.3. The normalized spacial score (nSPS) is 20.9. The molecular weight excluding hydrogens is 292 g/mol. The van der Waals surface area contributed by atoms with Crippen molar-refractivity contribution in [3.8, 4) is 0 Å². The van der Waals surface area contributed by atoms with E-state index in [2.05, 4.69) is 33.2 Å². The highest BCUT2D eigenvalue weighted by Crippen LogP contribution is 2.18. The summed E-state index contributed by atoms with van der Waals surface area (Å²) >= 11 is 3.42. The first kappa shape index (κ1) is 13.7. The van der Waals surface area contributed by atoms with Crippen LogP contribution in [0.1, 0.15) is 22.3 Å². The molecule has 1 fully saturated rings. The summed E-state index contributed by atoms with van der Waals surface area (Å²) in [6, 6.07) is 6.15. The molecule has 1 aliphatic heterocycles. The van der Waals surface area contributed by atoms with Crippen LogP contribution in [0.25, 0.3) is 0 Å². The van der Waals surface area contributed by atoms with E-state index in [1.54, 1.807) is 0 Å². The molecule has 0 radical (unpaired) electrons. The van der Waals surface area contributed by atoms with Crippen molar-refractivity contribution in [3.05, 3.63) is 33.8 Å². The molecule has 1 aliphatic rings. The van der Waals surface area contributed by atoms with E-state index in [4.69, 9.17) is 0 Å². The maximum Gasteiger partial charge on any atom is 0.164 e. The molecule has 1 aromatic rings. The Hall–Kier alpha value is -0.710. The van der Waals surface area contributed by atoms with Crippen LogP contribution in [0.4, 0.5) is 0 Å². The first-order valence-electron chi connectivity index (χ1n) is 6.27. The van der Waals surface area contributed by atoms with E-state index in [-0.39, 0.29) is 11.8 Å². The van der Waals surface area contributed by atoms with Crippen LogP contribution in [0.15, 0.2) is 22.7 Å². The number of likely N-dealkylation sites (N-methyl/N-ethyl adjacent to an activating group) is 1. The van der Waals surface area contributed by atoms with E-state index < -0.39 is 0 Å². The van der Waals surface area contributed by atoms with Crippen molar-refractivity contribution in [2.24, 2.45) is 0 Å². The first-order valence-corrected chi connectivity index (χ1v) is 7.07. The zero-order valence-corrected chi connectivity index (χ0v) is 12.5. The first-order chi connectivity index (χ1) is 8.56. The molecule has 0 saturated carbocycles. The number of halogens is 1. The lowest BCUT2D eigenvalue weighted by Gasteiger charge is -2.30. The molecule has 0 bridgehead atoms. The maximum absolute atomic E-state index is 12.3. The van der Waals surface area contributed by atoms with Crippen molar-refractivity contribution < 1.29 is 4.79 Å². The van der Waals surface area contributed by atoms with E-state index in [0.29, 0.717) is 6.42 Å². The lowest BCUT2D eigenvalue weighted by molar-refractivity contribution is 0.0951. The van der Waals surface area contributed by atoms with Crippen LogP contribution in [0, 0.1) is 6.92 Å². The van der Waals surface area contributed by atoms with Crippen LogP contribution in [0.2, 0.25) is 0 Å². The molecule has 1 atom stereocenters. The quantitative estimate of drug-likeness (QED) is 0.869. The molecule has 0 aromatic heterocycles. The van der Waals surface area contributed by atoms with Gasteiger partial charge in [0.15, 0.2) is 5.78 Å². The Balaban J connectivity index is 2.05. The number of ketones is 1. The van der Waals surface area contributed by atoms with Crippen molar-refractivity contribution in [1.29, 1.82) is 0 Å². The topological polar surface area (TPSA) is 32.3 Å². The molecule has 98 valence electrons. The summed E-state index contributed by atoms with van der Waals surface area (Å²) in [5, 5.41) is 3.41. The number of benzene rings is 1. The Kier molecular flexibility index (Phi) is 4.54. The SMILES string of the molecule is Cc1ccc(Br)cc1C(=O)CC1CN(C)CCN1. The van der Waals surface area contributed by atoms with E-state index >= 15 is 0 Å². The van der Waals surface area contributed by atoms with Gasteiger partial charge in [-0.3, -0.25) is 4.79 Å². The third-order valence-electron chi connectivity index (χ3n) is 3.39. The zero-order valence-electron chi connectivity index (χ0n) is 10.9. The highest BCUT2D eigenvalue weighted by atomic mass is 79.9. The lowest BCUT2D eigenvalue weighted by atomic mass is 9.99. The molecular formula is C14H19BrN2O. The van der Waals surface area contributed by atoms with Gasteiger partial charge >= 0.3 is 0 Å². The van der Waals surface area contributed by atoms with Crippen molar-refractivity contribution in [3.63, 3.8) is 0 Å². The van der Waals surface area contributed by atoms with Crippen molar-refractivity contribution in [2.75, 3.05) is 26.7 Å². The van der Waals surface area contributed by atoms with Crippen molar-refractivity contribution in [2.45, 2.75) is 19.4 Å². The minimum Gasteiger partial charge on any atom is -0.311 e. The zero-order chi connectivity index (χ0) is 13.1. The van der Waals surface area contributed by atoms with Gasteiger partial charge in [-0.1, -0.05) is 22.0 Å². The summed E-state index contributed by atoms with van der Waals surface area (Å²) in [5.41, 5.74) is 1.88. The van der Waals surface area contributed by atoms with Gasteiger partial charge in [-0.2, -0.15) is 0 Å². The standard InChI is InChI=1S/C14H19BrN2O/c1-10-3-4-11(15)7-13(10)14(18)8-12-9-17(2)6-5-16-12/h3-4,7,12,16H,5-6,8-9H2,1-2H3. The number of nitrogens with one attached hydrogen (secondary N) is 1. The molecule has 0 amide bonds. The van der Waals surface area contributed by atoms with Crippen molar-refractivity contribution >= 4 is 21.7 Å². The third kappa shape index (κ3) is 3.40. The number of aryl methyl sites for hydroxylation is 1. The molecule has 1 N–H and O–H groups in total. The van der Waals surface area contributed by atoms with Crippen LogP contribution >= 0.6 is 15.9 Å².